The maximum atomic E-state index is 6.49. The number of furan rings is 1. The molecular weight excluding hydrogens is 1360 g/mol. The molecule has 1 heterocycles. The van der Waals surface area contributed by atoms with E-state index in [-0.39, 0.29) is 10.8 Å². The van der Waals surface area contributed by atoms with Gasteiger partial charge in [0.1, 0.15) is 11.2 Å². The van der Waals surface area contributed by atoms with E-state index >= 15 is 0 Å². The highest BCUT2D eigenvalue weighted by atomic mass is 16.3. The maximum Gasteiger partial charge on any atom is 0.143 e. The highest BCUT2D eigenvalue weighted by Crippen LogP contribution is 2.56. The first-order valence-electron chi connectivity index (χ1n) is 39.6. The summed E-state index contributed by atoms with van der Waals surface area (Å²) in [7, 11) is 0. The molecule has 113 heavy (non-hydrogen) atoms. The van der Waals surface area contributed by atoms with Crippen LogP contribution in [0.25, 0.3) is 209 Å². The van der Waals surface area contributed by atoms with Crippen molar-refractivity contribution >= 4 is 97.3 Å². The molecule has 0 unspecified atom stereocenters. The molecule has 0 bridgehead atoms. The van der Waals surface area contributed by atoms with Gasteiger partial charge in [-0.1, -0.05) is 373 Å². The van der Waals surface area contributed by atoms with E-state index in [1.807, 2.05) is 6.07 Å². The molecule has 0 saturated carbocycles. The normalized spacial score (nSPS) is 13.1. The third-order valence-corrected chi connectivity index (χ3v) is 25.1. The molecule has 21 aromatic rings. The predicted octanol–water partition coefficient (Wildman–Crippen LogP) is 31.3. The van der Waals surface area contributed by atoms with Gasteiger partial charge in [0.15, 0.2) is 0 Å². The lowest BCUT2D eigenvalue weighted by atomic mass is 9.81. The molecule has 0 fully saturated rings. The Morgan fingerprint density at radius 3 is 0.938 bits per heavy atom. The van der Waals surface area contributed by atoms with Gasteiger partial charge in [-0.2, -0.15) is 0 Å². The van der Waals surface area contributed by atoms with Crippen molar-refractivity contribution in [1.82, 2.24) is 0 Å². The van der Waals surface area contributed by atoms with Gasteiger partial charge in [0, 0.05) is 27.2 Å². The Hall–Kier alpha value is -14.0. The lowest BCUT2D eigenvalue weighted by Crippen LogP contribution is -2.14. The fourth-order valence-electron chi connectivity index (χ4n) is 19.6. The Labute approximate surface area is 657 Å². The van der Waals surface area contributed by atoms with Gasteiger partial charge in [-0.3, -0.25) is 0 Å². The lowest BCUT2D eigenvalue weighted by molar-refractivity contribution is 0.661. The van der Waals surface area contributed by atoms with Crippen LogP contribution in [0.2, 0.25) is 0 Å². The Kier molecular flexibility index (Phi) is 15.1. The first kappa shape index (κ1) is 66.0. The SMILES string of the molecule is CC1(C)c2cc3ccccc3cc2-c2c(-c3ccc(-c4c5ccccc5c(-c5ccc(-c6ccc7ccccc7c6)cc5)c5ccccc45)cc3)cccc21.CC1(C)c2cc3ccccc3cc2-c2c(-c3ccc(-c4c5ccccc5c(-c5cccc(-c6cccc7c6oc6ccccc67)c5)c5ccccc45)cc3)cccc21. The van der Waals surface area contributed by atoms with Crippen LogP contribution in [0.5, 0.6) is 0 Å². The monoisotopic (exact) mass is 1440 g/mol. The second-order valence-electron chi connectivity index (χ2n) is 32.0. The van der Waals surface area contributed by atoms with Crippen LogP contribution in [-0.2, 0) is 10.8 Å². The summed E-state index contributed by atoms with van der Waals surface area (Å²) in [6.45, 7) is 9.49. The van der Waals surface area contributed by atoms with Crippen LogP contribution in [0.1, 0.15) is 49.9 Å². The number of benzene rings is 20. The summed E-state index contributed by atoms with van der Waals surface area (Å²) in [4.78, 5) is 0. The molecule has 1 aromatic heterocycles. The smallest absolute Gasteiger partial charge is 0.143 e. The summed E-state index contributed by atoms with van der Waals surface area (Å²) in [5, 5.41) is 20.0. The molecule has 0 amide bonds. The fraction of sp³-hybridized carbons (Fsp3) is 0.0536. The van der Waals surface area contributed by atoms with Crippen LogP contribution in [0.15, 0.2) is 393 Å². The summed E-state index contributed by atoms with van der Waals surface area (Å²) >= 11 is 0. The fourth-order valence-corrected chi connectivity index (χ4v) is 19.6. The van der Waals surface area contributed by atoms with E-state index in [0.717, 1.165) is 33.1 Å². The molecule has 2 aliphatic rings. The van der Waals surface area contributed by atoms with Crippen molar-refractivity contribution < 1.29 is 4.42 Å². The van der Waals surface area contributed by atoms with Crippen LogP contribution in [0.3, 0.4) is 0 Å². The molecule has 0 spiro atoms. The molecule has 2 aliphatic carbocycles. The minimum Gasteiger partial charge on any atom is -0.455 e. The Balaban J connectivity index is 0.000000138. The van der Waals surface area contributed by atoms with Gasteiger partial charge < -0.3 is 4.42 Å². The molecule has 0 aliphatic heterocycles. The van der Waals surface area contributed by atoms with Crippen LogP contribution in [0.4, 0.5) is 0 Å². The van der Waals surface area contributed by atoms with Gasteiger partial charge in [0.2, 0.25) is 0 Å². The largest absolute Gasteiger partial charge is 0.455 e. The molecule has 530 valence electrons. The Morgan fingerprint density at radius 1 is 0.168 bits per heavy atom. The zero-order valence-corrected chi connectivity index (χ0v) is 63.4. The predicted molar refractivity (Wildman–Crippen MR) is 481 cm³/mol. The second-order valence-corrected chi connectivity index (χ2v) is 32.0. The van der Waals surface area contributed by atoms with Crippen LogP contribution in [-0.4, -0.2) is 0 Å². The molecule has 20 aromatic carbocycles. The Morgan fingerprint density at radius 2 is 0.487 bits per heavy atom. The van der Waals surface area contributed by atoms with Gasteiger partial charge in [0.25, 0.3) is 0 Å². The summed E-state index contributed by atoms with van der Waals surface area (Å²) < 4.78 is 6.49. The summed E-state index contributed by atoms with van der Waals surface area (Å²) in [5.74, 6) is 0. The van der Waals surface area contributed by atoms with Crippen LogP contribution in [0, 0.1) is 0 Å². The van der Waals surface area contributed by atoms with E-state index in [1.165, 1.54) is 198 Å². The summed E-state index contributed by atoms with van der Waals surface area (Å²) in [6, 6.07) is 144. The topological polar surface area (TPSA) is 13.1 Å². The molecule has 0 saturated heterocycles. The average Bonchev–Trinajstić information content (AvgIpc) is 1.68. The van der Waals surface area contributed by atoms with E-state index in [0.29, 0.717) is 0 Å². The second kappa shape index (κ2) is 25.8. The van der Waals surface area contributed by atoms with Crippen molar-refractivity contribution in [3.63, 3.8) is 0 Å². The number of fused-ring (bicyclic) bond motifs is 16. The minimum absolute atomic E-state index is 0.0685. The van der Waals surface area contributed by atoms with Crippen molar-refractivity contribution in [3.05, 3.63) is 411 Å². The van der Waals surface area contributed by atoms with Crippen molar-refractivity contribution in [2.75, 3.05) is 0 Å². The van der Waals surface area contributed by atoms with E-state index < -0.39 is 0 Å². The van der Waals surface area contributed by atoms with E-state index in [2.05, 4.69) is 410 Å². The summed E-state index contributed by atoms with van der Waals surface area (Å²) in [5.41, 5.74) is 32.4. The first-order valence-corrected chi connectivity index (χ1v) is 39.6. The maximum absolute atomic E-state index is 6.49. The van der Waals surface area contributed by atoms with Gasteiger partial charge in [0.05, 0.1) is 0 Å². The van der Waals surface area contributed by atoms with E-state index in [9.17, 15) is 0 Å². The molecular formula is C112H76O. The minimum atomic E-state index is -0.0789. The quantitative estimate of drug-likeness (QED) is 0.138. The van der Waals surface area contributed by atoms with Crippen LogP contribution < -0.4 is 0 Å². The number of para-hydroxylation sites is 2. The van der Waals surface area contributed by atoms with Crippen LogP contribution >= 0.6 is 0 Å². The molecule has 0 N–H and O–H groups in total. The molecule has 0 atom stereocenters. The van der Waals surface area contributed by atoms with Gasteiger partial charge in [-0.05, 0) is 246 Å². The lowest BCUT2D eigenvalue weighted by Gasteiger charge is -2.22. The van der Waals surface area contributed by atoms with Crippen molar-refractivity contribution in [2.45, 2.75) is 38.5 Å². The average molecular weight is 1440 g/mol. The third-order valence-electron chi connectivity index (χ3n) is 25.1. The molecule has 1 nitrogen and oxygen atoms in total. The van der Waals surface area contributed by atoms with Gasteiger partial charge in [-0.25, -0.2) is 0 Å². The Bertz CT molecular complexity index is 7390. The molecule has 1 heteroatoms. The zero-order valence-electron chi connectivity index (χ0n) is 63.4. The highest BCUT2D eigenvalue weighted by Gasteiger charge is 2.39. The van der Waals surface area contributed by atoms with Gasteiger partial charge >= 0.3 is 0 Å². The van der Waals surface area contributed by atoms with Crippen molar-refractivity contribution in [3.8, 4) is 111 Å². The first-order chi connectivity index (χ1) is 55.6. The molecule has 23 rings (SSSR count). The number of hydrogen-bond donors (Lipinski definition) is 0. The van der Waals surface area contributed by atoms with Crippen molar-refractivity contribution in [2.24, 2.45) is 0 Å². The van der Waals surface area contributed by atoms with E-state index in [1.54, 1.807) is 0 Å². The van der Waals surface area contributed by atoms with Gasteiger partial charge in [-0.15, -0.1) is 0 Å². The van der Waals surface area contributed by atoms with Crippen molar-refractivity contribution in [1.29, 1.82) is 0 Å². The molecule has 0 radical (unpaired) electrons. The zero-order chi connectivity index (χ0) is 75.2. The highest BCUT2D eigenvalue weighted by molar-refractivity contribution is 6.23. The number of hydrogen-bond acceptors (Lipinski definition) is 1. The number of rotatable bonds is 8. The summed E-state index contributed by atoms with van der Waals surface area (Å²) in [6.07, 6.45) is 0. The third kappa shape index (κ3) is 10.5. The van der Waals surface area contributed by atoms with E-state index in [4.69, 9.17) is 4.42 Å². The standard InChI is InChI=1S/C57H38O.C55H38/c1-57(2)50-26-13-23-41(55(50)49-33-37-14-3-4-15-38(37)34-51(49)57)35-28-30-36(31-29-35)53-44-19-5-7-21-46(44)54(47-22-8-6-20-45(47)53)40-17-11-16-39(32-40)42-24-12-25-48-43-18-9-10-27-52(43)58-56(42)48;1-55(2)50-21-11-20-44(54(50)49-33-41-14-5-6-15-42(41)34-51(49)55)37-25-29-39(30-26-37)53-47-18-9-7-16-45(47)52(46-17-8-10-19-48(46)53)38-27-22-36(23-28-38)43-31-24-35-12-3-4-13-40(35)32-43/h3-34H,1-2H3;3-34H,1-2H3.